The lowest BCUT2D eigenvalue weighted by Gasteiger charge is -2.10. The van der Waals surface area contributed by atoms with Crippen molar-refractivity contribution in [3.8, 4) is 0 Å². The van der Waals surface area contributed by atoms with Crippen molar-refractivity contribution in [2.24, 2.45) is 5.73 Å². The first-order chi connectivity index (χ1) is 7.72. The van der Waals surface area contributed by atoms with Crippen LogP contribution in [0.15, 0.2) is 30.3 Å². The molecule has 0 saturated carbocycles. The van der Waals surface area contributed by atoms with E-state index in [0.29, 0.717) is 13.2 Å². The number of esters is 1. The minimum atomic E-state index is -0.309. The van der Waals surface area contributed by atoms with Crippen LogP contribution in [0.4, 0.5) is 0 Å². The van der Waals surface area contributed by atoms with E-state index >= 15 is 0 Å². The molecule has 0 unspecified atom stereocenters. The molecule has 0 radical (unpaired) electrons. The van der Waals surface area contributed by atoms with E-state index in [0.717, 1.165) is 5.56 Å². The molecular weight excluding hydrogens is 206 g/mol. The van der Waals surface area contributed by atoms with Crippen LogP contribution in [0.3, 0.4) is 0 Å². The van der Waals surface area contributed by atoms with Gasteiger partial charge in [0.25, 0.3) is 0 Å². The molecule has 4 nitrogen and oxygen atoms in total. The second-order valence-corrected chi connectivity index (χ2v) is 3.54. The zero-order valence-electron chi connectivity index (χ0n) is 9.39. The van der Waals surface area contributed by atoms with E-state index in [2.05, 4.69) is 4.74 Å². The van der Waals surface area contributed by atoms with Crippen LogP contribution in [0.2, 0.25) is 0 Å². The summed E-state index contributed by atoms with van der Waals surface area (Å²) in [6, 6.07) is 9.50. The average molecular weight is 223 g/mol. The smallest absolute Gasteiger partial charge is 0.307 e. The molecule has 2 N–H and O–H groups in total. The number of ether oxygens (including phenoxy) is 2. The summed E-state index contributed by atoms with van der Waals surface area (Å²) < 4.78 is 9.91. The van der Waals surface area contributed by atoms with Gasteiger partial charge >= 0.3 is 5.97 Å². The normalized spacial score (nSPS) is 12.1. The fourth-order valence-electron chi connectivity index (χ4n) is 1.26. The molecule has 0 aliphatic heterocycles. The van der Waals surface area contributed by atoms with Gasteiger partial charge in [-0.2, -0.15) is 0 Å². The van der Waals surface area contributed by atoms with E-state index in [4.69, 9.17) is 10.5 Å². The van der Waals surface area contributed by atoms with E-state index < -0.39 is 0 Å². The van der Waals surface area contributed by atoms with Crippen LogP contribution in [0, 0.1) is 0 Å². The van der Waals surface area contributed by atoms with Gasteiger partial charge in [0.2, 0.25) is 0 Å². The Balaban J connectivity index is 2.18. The molecule has 16 heavy (non-hydrogen) atoms. The molecule has 0 heterocycles. The highest BCUT2D eigenvalue weighted by atomic mass is 16.5. The number of benzene rings is 1. The van der Waals surface area contributed by atoms with Crippen molar-refractivity contribution in [3.05, 3.63) is 35.9 Å². The van der Waals surface area contributed by atoms with Gasteiger partial charge in [0, 0.05) is 6.04 Å². The Hall–Kier alpha value is -1.39. The summed E-state index contributed by atoms with van der Waals surface area (Å²) in [7, 11) is 1.35. The summed E-state index contributed by atoms with van der Waals surface area (Å²) in [6.45, 7) is 0.861. The molecule has 1 atom stereocenters. The van der Waals surface area contributed by atoms with E-state index in [9.17, 15) is 4.79 Å². The maximum Gasteiger partial charge on any atom is 0.307 e. The number of rotatable bonds is 6. The summed E-state index contributed by atoms with van der Waals surface area (Å²) in [5, 5.41) is 0. The highest BCUT2D eigenvalue weighted by Gasteiger charge is 2.09. The summed E-state index contributed by atoms with van der Waals surface area (Å²) >= 11 is 0. The Labute approximate surface area is 95.3 Å². The third kappa shape index (κ3) is 4.91. The van der Waals surface area contributed by atoms with E-state index in [1.165, 1.54) is 7.11 Å². The standard InChI is InChI=1S/C12H17NO3/c1-15-12(14)7-11(13)9-16-8-10-5-3-2-4-6-10/h2-6,11H,7-9,13H2,1H3/t11-/m1/s1. The molecule has 0 fully saturated rings. The van der Waals surface area contributed by atoms with Gasteiger partial charge in [-0.3, -0.25) is 4.79 Å². The Bertz CT molecular complexity index is 313. The molecule has 0 aliphatic rings. The first-order valence-corrected chi connectivity index (χ1v) is 5.16. The zero-order valence-corrected chi connectivity index (χ0v) is 9.39. The molecule has 88 valence electrons. The third-order valence-corrected chi connectivity index (χ3v) is 2.10. The lowest BCUT2D eigenvalue weighted by atomic mass is 10.2. The van der Waals surface area contributed by atoms with Crippen molar-refractivity contribution in [1.82, 2.24) is 0 Å². The Morgan fingerprint density at radius 3 is 2.69 bits per heavy atom. The minimum absolute atomic E-state index is 0.186. The van der Waals surface area contributed by atoms with E-state index in [-0.39, 0.29) is 18.4 Å². The molecule has 1 rings (SSSR count). The van der Waals surface area contributed by atoms with E-state index in [1.54, 1.807) is 0 Å². The molecule has 0 aliphatic carbocycles. The Morgan fingerprint density at radius 1 is 1.38 bits per heavy atom. The average Bonchev–Trinajstić information content (AvgIpc) is 2.30. The van der Waals surface area contributed by atoms with Gasteiger partial charge < -0.3 is 15.2 Å². The quantitative estimate of drug-likeness (QED) is 0.733. The SMILES string of the molecule is COC(=O)C[C@@H](N)COCc1ccccc1. The van der Waals surface area contributed by atoms with Crippen molar-refractivity contribution in [2.45, 2.75) is 19.1 Å². The lowest BCUT2D eigenvalue weighted by Crippen LogP contribution is -2.29. The predicted octanol–water partition coefficient (Wildman–Crippen LogP) is 1.09. The molecule has 0 spiro atoms. The second kappa shape index (κ2) is 6.98. The van der Waals surface area contributed by atoms with Crippen LogP contribution in [0.1, 0.15) is 12.0 Å². The fourth-order valence-corrected chi connectivity index (χ4v) is 1.26. The number of hydrogen-bond donors (Lipinski definition) is 1. The molecule has 1 aromatic carbocycles. The van der Waals surface area contributed by atoms with Gasteiger partial charge in [-0.25, -0.2) is 0 Å². The number of carbonyl (C=O) groups excluding carboxylic acids is 1. The van der Waals surface area contributed by atoms with Gasteiger partial charge in [-0.1, -0.05) is 30.3 Å². The number of nitrogens with two attached hydrogens (primary N) is 1. The van der Waals surface area contributed by atoms with Crippen LogP contribution in [-0.2, 0) is 20.9 Å². The maximum atomic E-state index is 10.9. The van der Waals surface area contributed by atoms with Gasteiger partial charge in [0.15, 0.2) is 0 Å². The van der Waals surface area contributed by atoms with Gasteiger partial charge in [0.05, 0.1) is 26.7 Å². The van der Waals surface area contributed by atoms with Crippen LogP contribution in [0.25, 0.3) is 0 Å². The van der Waals surface area contributed by atoms with Crippen molar-refractivity contribution in [3.63, 3.8) is 0 Å². The molecule has 0 saturated heterocycles. The van der Waals surface area contributed by atoms with Gasteiger partial charge in [-0.15, -0.1) is 0 Å². The highest BCUT2D eigenvalue weighted by Crippen LogP contribution is 2.01. The van der Waals surface area contributed by atoms with Crippen LogP contribution in [0.5, 0.6) is 0 Å². The van der Waals surface area contributed by atoms with Crippen LogP contribution >= 0.6 is 0 Å². The highest BCUT2D eigenvalue weighted by molar-refractivity contribution is 5.69. The monoisotopic (exact) mass is 223 g/mol. The van der Waals surface area contributed by atoms with Crippen molar-refractivity contribution in [1.29, 1.82) is 0 Å². The molecule has 0 bridgehead atoms. The van der Waals surface area contributed by atoms with Crippen molar-refractivity contribution >= 4 is 5.97 Å². The van der Waals surface area contributed by atoms with Gasteiger partial charge in [-0.05, 0) is 5.56 Å². The topological polar surface area (TPSA) is 61.5 Å². The van der Waals surface area contributed by atoms with Gasteiger partial charge in [0.1, 0.15) is 0 Å². The van der Waals surface area contributed by atoms with E-state index in [1.807, 2.05) is 30.3 Å². The number of carbonyl (C=O) groups is 1. The second-order valence-electron chi connectivity index (χ2n) is 3.54. The third-order valence-electron chi connectivity index (χ3n) is 2.10. The minimum Gasteiger partial charge on any atom is -0.469 e. The first-order valence-electron chi connectivity index (χ1n) is 5.16. The number of methoxy groups -OCH3 is 1. The lowest BCUT2D eigenvalue weighted by molar-refractivity contribution is -0.141. The molecule has 1 aromatic rings. The van der Waals surface area contributed by atoms with Crippen LogP contribution in [-0.4, -0.2) is 25.7 Å². The summed E-state index contributed by atoms with van der Waals surface area (Å²) in [4.78, 5) is 10.9. The van der Waals surface area contributed by atoms with Crippen molar-refractivity contribution < 1.29 is 14.3 Å². The summed E-state index contributed by atoms with van der Waals surface area (Å²) in [5.74, 6) is -0.309. The van der Waals surface area contributed by atoms with Crippen molar-refractivity contribution in [2.75, 3.05) is 13.7 Å². The summed E-state index contributed by atoms with van der Waals surface area (Å²) in [5.41, 5.74) is 6.78. The van der Waals surface area contributed by atoms with Crippen LogP contribution < -0.4 is 5.73 Å². The first kappa shape index (κ1) is 12.7. The maximum absolute atomic E-state index is 10.9. The molecule has 0 amide bonds. The number of hydrogen-bond acceptors (Lipinski definition) is 4. The Kier molecular flexibility index (Phi) is 5.53. The fraction of sp³-hybridized carbons (Fsp3) is 0.417. The molecule has 4 heteroatoms. The predicted molar refractivity (Wildman–Crippen MR) is 60.7 cm³/mol. The largest absolute Gasteiger partial charge is 0.469 e. The molecule has 0 aromatic heterocycles. The zero-order chi connectivity index (χ0) is 11.8. The summed E-state index contributed by atoms with van der Waals surface area (Å²) in [6.07, 6.45) is 0.186. The Morgan fingerprint density at radius 2 is 2.06 bits per heavy atom. The molecular formula is C12H17NO3.